The van der Waals surface area contributed by atoms with Gasteiger partial charge in [0.2, 0.25) is 0 Å². The molecule has 0 aliphatic rings. The van der Waals surface area contributed by atoms with Crippen molar-refractivity contribution in [3.63, 3.8) is 0 Å². The Bertz CT molecular complexity index is 467. The number of fused-ring (bicyclic) bond motifs is 1. The van der Waals surface area contributed by atoms with E-state index in [4.69, 9.17) is 0 Å². The lowest BCUT2D eigenvalue weighted by Gasteiger charge is -1.97. The van der Waals surface area contributed by atoms with Crippen LogP contribution in [0.1, 0.15) is 10.4 Å². The van der Waals surface area contributed by atoms with Crippen molar-refractivity contribution >= 4 is 33.1 Å². The number of benzene rings is 1. The molecule has 0 amide bonds. The van der Waals surface area contributed by atoms with Crippen LogP contribution in [0.15, 0.2) is 34.9 Å². The Morgan fingerprint density at radius 2 is 2.15 bits per heavy atom. The number of carbonyl (C=O) groups is 1. The molecular formula is C10H6BrNO. The molecule has 0 atom stereocenters. The zero-order chi connectivity index (χ0) is 9.26. The third kappa shape index (κ3) is 1.60. The van der Waals surface area contributed by atoms with E-state index in [1.54, 1.807) is 6.20 Å². The van der Waals surface area contributed by atoms with Crippen LogP contribution in [-0.2, 0) is 0 Å². The van der Waals surface area contributed by atoms with Gasteiger partial charge in [0.05, 0.1) is 5.52 Å². The molecule has 2 aromatic rings. The Hall–Kier alpha value is -1.22. The summed E-state index contributed by atoms with van der Waals surface area (Å²) in [6, 6.07) is 7.60. The number of aromatic nitrogens is 1. The highest BCUT2D eigenvalue weighted by molar-refractivity contribution is 9.10. The molecule has 0 unspecified atom stereocenters. The fourth-order valence-corrected chi connectivity index (χ4v) is 1.53. The van der Waals surface area contributed by atoms with Gasteiger partial charge in [-0.05, 0) is 18.2 Å². The number of carbonyl (C=O) groups excluding carboxylic acids is 1. The smallest absolute Gasteiger partial charge is 0.151 e. The minimum atomic E-state index is 0.606. The summed E-state index contributed by atoms with van der Waals surface area (Å²) >= 11 is 3.36. The molecule has 0 saturated heterocycles. The molecule has 0 aliphatic carbocycles. The van der Waals surface area contributed by atoms with E-state index in [1.165, 1.54) is 0 Å². The summed E-state index contributed by atoms with van der Waals surface area (Å²) in [4.78, 5) is 14.6. The molecule has 3 heteroatoms. The van der Waals surface area contributed by atoms with Gasteiger partial charge in [-0.2, -0.15) is 0 Å². The van der Waals surface area contributed by atoms with Gasteiger partial charge in [-0.3, -0.25) is 9.78 Å². The van der Waals surface area contributed by atoms with E-state index in [0.29, 0.717) is 5.56 Å². The van der Waals surface area contributed by atoms with E-state index in [1.807, 2.05) is 24.3 Å². The van der Waals surface area contributed by atoms with Crippen LogP contribution in [0.5, 0.6) is 0 Å². The van der Waals surface area contributed by atoms with E-state index < -0.39 is 0 Å². The fraction of sp³-hybridized carbons (Fsp3) is 0. The van der Waals surface area contributed by atoms with Gasteiger partial charge >= 0.3 is 0 Å². The number of rotatable bonds is 1. The number of halogens is 1. The Balaban J connectivity index is 2.73. The Morgan fingerprint density at radius 1 is 1.31 bits per heavy atom. The zero-order valence-electron chi connectivity index (χ0n) is 6.70. The van der Waals surface area contributed by atoms with Crippen molar-refractivity contribution in [2.75, 3.05) is 0 Å². The minimum absolute atomic E-state index is 0.606. The number of nitrogens with zero attached hydrogens (tertiary/aromatic N) is 1. The quantitative estimate of drug-likeness (QED) is 0.712. The third-order valence-corrected chi connectivity index (χ3v) is 2.30. The summed E-state index contributed by atoms with van der Waals surface area (Å²) in [6.45, 7) is 0. The number of pyridine rings is 1. The van der Waals surface area contributed by atoms with Crippen molar-refractivity contribution < 1.29 is 4.79 Å². The summed E-state index contributed by atoms with van der Waals surface area (Å²) in [6.07, 6.45) is 2.37. The third-order valence-electron chi connectivity index (χ3n) is 1.80. The molecule has 2 rings (SSSR count). The topological polar surface area (TPSA) is 30.0 Å². The van der Waals surface area contributed by atoms with Crippen LogP contribution in [0.25, 0.3) is 10.9 Å². The maximum Gasteiger partial charge on any atom is 0.151 e. The van der Waals surface area contributed by atoms with Crippen molar-refractivity contribution in [1.29, 1.82) is 0 Å². The second-order valence-electron chi connectivity index (χ2n) is 2.72. The van der Waals surface area contributed by atoms with E-state index in [-0.39, 0.29) is 0 Å². The van der Waals surface area contributed by atoms with E-state index in [2.05, 4.69) is 20.9 Å². The number of hydrogen-bond donors (Lipinski definition) is 0. The lowest BCUT2D eigenvalue weighted by atomic mass is 10.2. The van der Waals surface area contributed by atoms with Gasteiger partial charge in [-0.15, -0.1) is 0 Å². The molecule has 2 nitrogen and oxygen atoms in total. The highest BCUT2D eigenvalue weighted by atomic mass is 79.9. The predicted octanol–water partition coefficient (Wildman–Crippen LogP) is 2.81. The number of hydrogen-bond acceptors (Lipinski definition) is 2. The van der Waals surface area contributed by atoms with E-state index in [0.717, 1.165) is 21.7 Å². The first-order valence-electron chi connectivity index (χ1n) is 3.80. The summed E-state index contributed by atoms with van der Waals surface area (Å²) in [5, 5.41) is 0.979. The molecular weight excluding hydrogens is 230 g/mol. The average molecular weight is 236 g/mol. The molecule has 1 aromatic heterocycles. The van der Waals surface area contributed by atoms with Gasteiger partial charge in [-0.1, -0.05) is 22.0 Å². The highest BCUT2D eigenvalue weighted by Gasteiger charge is 1.97. The first-order chi connectivity index (χ1) is 6.29. The Morgan fingerprint density at radius 3 is 2.92 bits per heavy atom. The van der Waals surface area contributed by atoms with Gasteiger partial charge in [0, 0.05) is 21.6 Å². The van der Waals surface area contributed by atoms with Crippen molar-refractivity contribution in [2.45, 2.75) is 0 Å². The molecule has 0 bridgehead atoms. The first-order valence-corrected chi connectivity index (χ1v) is 4.59. The molecule has 1 heterocycles. The van der Waals surface area contributed by atoms with E-state index >= 15 is 0 Å². The van der Waals surface area contributed by atoms with Gasteiger partial charge < -0.3 is 0 Å². The maximum absolute atomic E-state index is 10.5. The summed E-state index contributed by atoms with van der Waals surface area (Å²) in [5.41, 5.74) is 1.50. The minimum Gasteiger partial charge on any atom is -0.298 e. The first kappa shape index (κ1) is 8.38. The SMILES string of the molecule is O=Cc1cnc2cc(Br)ccc2c1. The molecule has 13 heavy (non-hydrogen) atoms. The summed E-state index contributed by atoms with van der Waals surface area (Å²) < 4.78 is 0.992. The molecule has 0 aliphatic heterocycles. The molecule has 0 saturated carbocycles. The summed E-state index contributed by atoms with van der Waals surface area (Å²) in [7, 11) is 0. The van der Waals surface area contributed by atoms with Gasteiger partial charge in [0.25, 0.3) is 0 Å². The van der Waals surface area contributed by atoms with Gasteiger partial charge in [0.15, 0.2) is 6.29 Å². The zero-order valence-corrected chi connectivity index (χ0v) is 8.28. The van der Waals surface area contributed by atoms with Crippen molar-refractivity contribution in [3.05, 3.63) is 40.5 Å². The van der Waals surface area contributed by atoms with Crippen LogP contribution in [0.4, 0.5) is 0 Å². The van der Waals surface area contributed by atoms with Crippen LogP contribution in [0.3, 0.4) is 0 Å². The van der Waals surface area contributed by atoms with Crippen LogP contribution < -0.4 is 0 Å². The fourth-order valence-electron chi connectivity index (χ4n) is 1.18. The number of aldehydes is 1. The molecule has 0 radical (unpaired) electrons. The lowest BCUT2D eigenvalue weighted by molar-refractivity contribution is 0.112. The second-order valence-corrected chi connectivity index (χ2v) is 3.64. The van der Waals surface area contributed by atoms with Crippen molar-refractivity contribution in [3.8, 4) is 0 Å². The second kappa shape index (κ2) is 3.26. The average Bonchev–Trinajstić information content (AvgIpc) is 2.17. The molecule has 0 spiro atoms. The van der Waals surface area contributed by atoms with E-state index in [9.17, 15) is 4.79 Å². The molecule has 1 aromatic carbocycles. The van der Waals surface area contributed by atoms with Crippen LogP contribution in [0, 0.1) is 0 Å². The summed E-state index contributed by atoms with van der Waals surface area (Å²) in [5.74, 6) is 0. The lowest BCUT2D eigenvalue weighted by Crippen LogP contribution is -1.84. The molecule has 0 N–H and O–H groups in total. The van der Waals surface area contributed by atoms with Crippen LogP contribution in [0.2, 0.25) is 0 Å². The van der Waals surface area contributed by atoms with Gasteiger partial charge in [-0.25, -0.2) is 0 Å². The largest absolute Gasteiger partial charge is 0.298 e. The van der Waals surface area contributed by atoms with Crippen molar-refractivity contribution in [1.82, 2.24) is 4.98 Å². The molecule has 0 fully saturated rings. The van der Waals surface area contributed by atoms with Crippen LogP contribution >= 0.6 is 15.9 Å². The standard InChI is InChI=1S/C10H6BrNO/c11-9-2-1-8-3-7(6-13)5-12-10(8)4-9/h1-6H. The van der Waals surface area contributed by atoms with Crippen LogP contribution in [-0.4, -0.2) is 11.3 Å². The predicted molar refractivity (Wildman–Crippen MR) is 54.8 cm³/mol. The van der Waals surface area contributed by atoms with Crippen molar-refractivity contribution in [2.24, 2.45) is 0 Å². The Labute approximate surface area is 83.7 Å². The normalized spacial score (nSPS) is 10.2. The highest BCUT2D eigenvalue weighted by Crippen LogP contribution is 2.18. The monoisotopic (exact) mass is 235 g/mol. The maximum atomic E-state index is 10.5. The van der Waals surface area contributed by atoms with Gasteiger partial charge in [0.1, 0.15) is 0 Å². The molecule has 64 valence electrons. The Kier molecular flexibility index (Phi) is 2.10.